The summed E-state index contributed by atoms with van der Waals surface area (Å²) in [7, 11) is 0. The highest BCUT2D eigenvalue weighted by atomic mass is 16.5. The first kappa shape index (κ1) is 21.0. The van der Waals surface area contributed by atoms with Crippen molar-refractivity contribution in [2.75, 3.05) is 26.2 Å². The number of nitrogens with zero attached hydrogens (tertiary/aromatic N) is 2. The highest BCUT2D eigenvalue weighted by Gasteiger charge is 2.44. The Labute approximate surface area is 190 Å². The van der Waals surface area contributed by atoms with Gasteiger partial charge in [-0.2, -0.15) is 0 Å². The topological polar surface area (TPSA) is 49.9 Å². The predicted octanol–water partition coefficient (Wildman–Crippen LogP) is 4.55. The summed E-state index contributed by atoms with van der Waals surface area (Å²) in [5.41, 5.74) is 2.76. The summed E-state index contributed by atoms with van der Waals surface area (Å²) in [4.78, 5) is 29.9. The number of hydrogen-bond acceptors (Lipinski definition) is 3. The molecule has 2 saturated heterocycles. The molecule has 3 aliphatic heterocycles. The Balaban J connectivity index is 1.30. The molecule has 2 aromatic carbocycles. The Kier molecular flexibility index (Phi) is 5.66. The van der Waals surface area contributed by atoms with Gasteiger partial charge in [-0.25, -0.2) is 0 Å². The predicted molar refractivity (Wildman–Crippen MR) is 124 cm³/mol. The van der Waals surface area contributed by atoms with E-state index in [0.717, 1.165) is 67.6 Å². The van der Waals surface area contributed by atoms with Crippen molar-refractivity contribution in [2.24, 2.45) is 0 Å². The number of fused-ring (bicyclic) bond motifs is 1. The maximum atomic E-state index is 13.0. The Morgan fingerprint density at radius 1 is 0.938 bits per heavy atom. The van der Waals surface area contributed by atoms with Crippen molar-refractivity contribution < 1.29 is 14.3 Å². The van der Waals surface area contributed by atoms with Crippen LogP contribution in [-0.4, -0.2) is 53.4 Å². The van der Waals surface area contributed by atoms with Crippen molar-refractivity contribution in [1.82, 2.24) is 9.80 Å². The third-order valence-electron chi connectivity index (χ3n) is 7.44. The summed E-state index contributed by atoms with van der Waals surface area (Å²) < 4.78 is 6.58. The Morgan fingerprint density at radius 2 is 1.62 bits per heavy atom. The summed E-state index contributed by atoms with van der Waals surface area (Å²) in [6, 6.07) is 16.0. The quantitative estimate of drug-likeness (QED) is 0.715. The summed E-state index contributed by atoms with van der Waals surface area (Å²) in [6.07, 6.45) is 5.22. The first-order valence-corrected chi connectivity index (χ1v) is 11.9. The van der Waals surface area contributed by atoms with Gasteiger partial charge in [0.1, 0.15) is 11.4 Å². The normalized spacial score (nSPS) is 21.8. The van der Waals surface area contributed by atoms with Gasteiger partial charge >= 0.3 is 0 Å². The molecule has 0 bridgehead atoms. The Morgan fingerprint density at radius 3 is 2.34 bits per heavy atom. The fraction of sp³-hybridized carbons (Fsp3) is 0.481. The molecule has 2 amide bonds. The van der Waals surface area contributed by atoms with E-state index in [1.54, 1.807) is 0 Å². The Bertz CT molecular complexity index is 986. The van der Waals surface area contributed by atoms with E-state index in [1.165, 1.54) is 0 Å². The van der Waals surface area contributed by atoms with Crippen LogP contribution in [0.15, 0.2) is 48.5 Å². The van der Waals surface area contributed by atoms with Crippen molar-refractivity contribution in [1.29, 1.82) is 0 Å². The van der Waals surface area contributed by atoms with Crippen LogP contribution in [0.4, 0.5) is 0 Å². The van der Waals surface area contributed by atoms with E-state index in [-0.39, 0.29) is 23.3 Å². The lowest BCUT2D eigenvalue weighted by Crippen LogP contribution is -2.52. The molecule has 32 heavy (non-hydrogen) atoms. The van der Waals surface area contributed by atoms with Crippen LogP contribution < -0.4 is 4.74 Å². The van der Waals surface area contributed by atoms with Gasteiger partial charge in [0, 0.05) is 56.9 Å². The molecule has 3 heterocycles. The average Bonchev–Trinajstić information content (AvgIpc) is 3.35. The molecule has 3 aliphatic rings. The number of ether oxygens (including phenoxy) is 1. The van der Waals surface area contributed by atoms with E-state index in [0.29, 0.717) is 19.5 Å². The number of rotatable bonds is 3. The molecule has 0 unspecified atom stereocenters. The number of hydrogen-bond donors (Lipinski definition) is 0. The third-order valence-corrected chi connectivity index (χ3v) is 7.44. The number of carbonyl (C=O) groups excluding carboxylic acids is 2. The zero-order valence-electron chi connectivity index (χ0n) is 18.9. The SMILES string of the molecule is Cc1ccc(C(=O)N2CCC3(CC2)C[C@@H](CC(=O)N2CCCC2)c2ccccc2O3)cc1. The van der Waals surface area contributed by atoms with Gasteiger partial charge in [0.05, 0.1) is 0 Å². The fourth-order valence-corrected chi connectivity index (χ4v) is 5.54. The molecule has 5 heteroatoms. The molecule has 5 nitrogen and oxygen atoms in total. The largest absolute Gasteiger partial charge is 0.487 e. The van der Waals surface area contributed by atoms with Crippen molar-refractivity contribution in [3.8, 4) is 5.75 Å². The lowest BCUT2D eigenvalue weighted by atomic mass is 9.76. The minimum atomic E-state index is -0.297. The summed E-state index contributed by atoms with van der Waals surface area (Å²) in [5, 5.41) is 0. The van der Waals surface area contributed by atoms with E-state index < -0.39 is 0 Å². The molecular formula is C27H32N2O3. The molecular weight excluding hydrogens is 400 g/mol. The minimum absolute atomic E-state index is 0.0943. The second kappa shape index (κ2) is 8.61. The first-order chi connectivity index (χ1) is 15.5. The minimum Gasteiger partial charge on any atom is -0.487 e. The van der Waals surface area contributed by atoms with Gasteiger partial charge in [0.2, 0.25) is 5.91 Å². The van der Waals surface area contributed by atoms with Gasteiger partial charge in [0.25, 0.3) is 5.91 Å². The molecule has 1 atom stereocenters. The lowest BCUT2D eigenvalue weighted by Gasteiger charge is -2.47. The van der Waals surface area contributed by atoms with Crippen LogP contribution in [0.5, 0.6) is 5.75 Å². The summed E-state index contributed by atoms with van der Waals surface area (Å²) >= 11 is 0. The van der Waals surface area contributed by atoms with Crippen LogP contribution in [0.1, 0.15) is 65.9 Å². The van der Waals surface area contributed by atoms with Gasteiger partial charge in [-0.15, -0.1) is 0 Å². The molecule has 0 N–H and O–H groups in total. The molecule has 1 spiro atoms. The number of benzene rings is 2. The molecule has 0 aromatic heterocycles. The van der Waals surface area contributed by atoms with Crippen LogP contribution in [0.3, 0.4) is 0 Å². The molecule has 168 valence electrons. The summed E-state index contributed by atoms with van der Waals surface area (Å²) in [5.74, 6) is 1.45. The number of aryl methyl sites for hydroxylation is 1. The van der Waals surface area contributed by atoms with Gasteiger partial charge in [-0.05, 0) is 49.9 Å². The van der Waals surface area contributed by atoms with E-state index in [2.05, 4.69) is 6.07 Å². The molecule has 0 aliphatic carbocycles. The smallest absolute Gasteiger partial charge is 0.253 e. The summed E-state index contributed by atoms with van der Waals surface area (Å²) in [6.45, 7) is 5.18. The van der Waals surface area contributed by atoms with Crippen LogP contribution in [0.2, 0.25) is 0 Å². The van der Waals surface area contributed by atoms with E-state index in [4.69, 9.17) is 4.74 Å². The van der Waals surface area contributed by atoms with E-state index >= 15 is 0 Å². The third kappa shape index (κ3) is 4.13. The standard InChI is InChI=1S/C27H32N2O3/c1-20-8-10-21(11-9-20)26(31)29-16-12-27(13-17-29)19-22(18-25(30)28-14-4-5-15-28)23-6-2-3-7-24(23)32-27/h2-3,6-11,22H,4-5,12-19H2,1H3/t22-/m1/s1. The molecule has 0 saturated carbocycles. The fourth-order valence-electron chi connectivity index (χ4n) is 5.54. The lowest BCUT2D eigenvalue weighted by molar-refractivity contribution is -0.131. The van der Waals surface area contributed by atoms with Gasteiger partial charge in [0.15, 0.2) is 0 Å². The zero-order valence-corrected chi connectivity index (χ0v) is 18.9. The van der Waals surface area contributed by atoms with Crippen molar-refractivity contribution >= 4 is 11.8 Å². The monoisotopic (exact) mass is 432 g/mol. The number of piperidine rings is 1. The van der Waals surface area contributed by atoms with Crippen LogP contribution >= 0.6 is 0 Å². The second-order valence-electron chi connectivity index (χ2n) is 9.67. The van der Waals surface area contributed by atoms with Crippen LogP contribution in [0, 0.1) is 6.92 Å². The van der Waals surface area contributed by atoms with Crippen molar-refractivity contribution in [3.05, 3.63) is 65.2 Å². The number of carbonyl (C=O) groups is 2. The van der Waals surface area contributed by atoms with Crippen LogP contribution in [-0.2, 0) is 4.79 Å². The maximum absolute atomic E-state index is 13.0. The van der Waals surface area contributed by atoms with Crippen LogP contribution in [0.25, 0.3) is 0 Å². The molecule has 2 fully saturated rings. The highest BCUT2D eigenvalue weighted by Crippen LogP contribution is 2.46. The second-order valence-corrected chi connectivity index (χ2v) is 9.67. The molecule has 5 rings (SSSR count). The van der Waals surface area contributed by atoms with Crippen molar-refractivity contribution in [3.63, 3.8) is 0 Å². The zero-order chi connectivity index (χ0) is 22.1. The van der Waals surface area contributed by atoms with E-state index in [1.807, 2.05) is 59.2 Å². The molecule has 2 aromatic rings. The number of para-hydroxylation sites is 1. The van der Waals surface area contributed by atoms with E-state index in [9.17, 15) is 9.59 Å². The van der Waals surface area contributed by atoms with Gasteiger partial charge in [-0.1, -0.05) is 35.9 Å². The number of amides is 2. The molecule has 0 radical (unpaired) electrons. The van der Waals surface area contributed by atoms with Crippen molar-refractivity contribution in [2.45, 2.75) is 57.0 Å². The van der Waals surface area contributed by atoms with Gasteiger partial charge in [-0.3, -0.25) is 9.59 Å². The average molecular weight is 433 g/mol. The number of likely N-dealkylation sites (tertiary alicyclic amines) is 2. The first-order valence-electron chi connectivity index (χ1n) is 11.9. The Hall–Kier alpha value is -2.82. The maximum Gasteiger partial charge on any atom is 0.253 e. The van der Waals surface area contributed by atoms with Gasteiger partial charge < -0.3 is 14.5 Å². The highest BCUT2D eigenvalue weighted by molar-refractivity contribution is 5.94.